The van der Waals surface area contributed by atoms with Crippen molar-refractivity contribution in [2.75, 3.05) is 26.2 Å². The quantitative estimate of drug-likeness (QED) is 0.783. The lowest BCUT2D eigenvalue weighted by Crippen LogP contribution is -2.53. The number of hydrogen-bond donors (Lipinski definition) is 0. The molecule has 0 radical (unpaired) electrons. The Balaban J connectivity index is 1.74. The van der Waals surface area contributed by atoms with Gasteiger partial charge in [0.05, 0.1) is 24.9 Å². The summed E-state index contributed by atoms with van der Waals surface area (Å²) >= 11 is 0. The largest absolute Gasteiger partial charge is 0.373 e. The van der Waals surface area contributed by atoms with Crippen molar-refractivity contribution < 1.29 is 9.53 Å². The van der Waals surface area contributed by atoms with Crippen molar-refractivity contribution in [3.05, 3.63) is 24.3 Å². The van der Waals surface area contributed by atoms with E-state index in [1.807, 2.05) is 4.90 Å². The number of carbonyl (C=O) groups is 1. The molecule has 0 aromatic carbocycles. The summed E-state index contributed by atoms with van der Waals surface area (Å²) in [5, 5.41) is 0. The Morgan fingerprint density at radius 1 is 1.40 bits per heavy atom. The van der Waals surface area contributed by atoms with Gasteiger partial charge in [0.1, 0.15) is 5.69 Å². The minimum atomic E-state index is -0.0557. The van der Waals surface area contributed by atoms with Crippen LogP contribution in [0.2, 0.25) is 0 Å². The molecule has 20 heavy (non-hydrogen) atoms. The predicted molar refractivity (Wildman–Crippen MR) is 73.3 cm³/mol. The van der Waals surface area contributed by atoms with E-state index in [0.29, 0.717) is 30.9 Å². The normalized spacial score (nSPS) is 26.9. The van der Waals surface area contributed by atoms with Crippen molar-refractivity contribution in [2.24, 2.45) is 0 Å². The number of amides is 1. The smallest absolute Gasteiger partial charge is 0.274 e. The molecule has 2 saturated heterocycles. The van der Waals surface area contributed by atoms with Gasteiger partial charge in [-0.1, -0.05) is 0 Å². The van der Waals surface area contributed by atoms with E-state index >= 15 is 0 Å². The highest BCUT2D eigenvalue weighted by atomic mass is 16.5. The molecular weight excluding hydrogens is 256 g/mol. The van der Waals surface area contributed by atoms with Crippen molar-refractivity contribution >= 4 is 5.91 Å². The van der Waals surface area contributed by atoms with E-state index in [1.54, 1.807) is 12.4 Å². The monoisotopic (exact) mass is 276 g/mol. The van der Waals surface area contributed by atoms with Crippen LogP contribution in [0.1, 0.15) is 24.3 Å². The van der Waals surface area contributed by atoms with E-state index in [2.05, 4.69) is 28.7 Å². The molecule has 0 spiro atoms. The van der Waals surface area contributed by atoms with Crippen molar-refractivity contribution in [1.82, 2.24) is 19.8 Å². The van der Waals surface area contributed by atoms with Crippen LogP contribution in [-0.2, 0) is 4.74 Å². The van der Waals surface area contributed by atoms with Crippen LogP contribution in [0.25, 0.3) is 0 Å². The number of likely N-dealkylation sites (tertiary alicyclic amines) is 1. The van der Waals surface area contributed by atoms with Gasteiger partial charge >= 0.3 is 0 Å². The van der Waals surface area contributed by atoms with E-state index in [-0.39, 0.29) is 12.0 Å². The summed E-state index contributed by atoms with van der Waals surface area (Å²) in [6, 6.07) is 0.766. The summed E-state index contributed by atoms with van der Waals surface area (Å²) in [5.74, 6) is -0.0557. The number of nitrogens with zero attached hydrogens (tertiary/aromatic N) is 4. The van der Waals surface area contributed by atoms with Crippen LogP contribution in [0.4, 0.5) is 0 Å². The summed E-state index contributed by atoms with van der Waals surface area (Å²) in [6.45, 7) is 7.41. The van der Waals surface area contributed by atoms with Crippen LogP contribution < -0.4 is 0 Å². The minimum absolute atomic E-state index is 0.0557. The Morgan fingerprint density at radius 3 is 2.95 bits per heavy atom. The molecule has 2 aliphatic rings. The minimum Gasteiger partial charge on any atom is -0.373 e. The average molecular weight is 276 g/mol. The summed E-state index contributed by atoms with van der Waals surface area (Å²) in [7, 11) is 0. The zero-order valence-electron chi connectivity index (χ0n) is 11.9. The topological polar surface area (TPSA) is 58.6 Å². The number of carbonyl (C=O) groups excluding carboxylic acids is 1. The second-order valence-corrected chi connectivity index (χ2v) is 5.61. The fourth-order valence-electron chi connectivity index (χ4n) is 3.09. The second-order valence-electron chi connectivity index (χ2n) is 5.61. The number of rotatable bonds is 2. The number of ether oxygens (including phenoxy) is 1. The Morgan fingerprint density at radius 2 is 2.25 bits per heavy atom. The third-order valence-corrected chi connectivity index (χ3v) is 4.08. The summed E-state index contributed by atoms with van der Waals surface area (Å²) in [6.07, 6.45) is 4.76. The van der Waals surface area contributed by atoms with Crippen LogP contribution in [0, 0.1) is 0 Å². The number of fused-ring (bicyclic) bond motifs is 1. The molecule has 2 atom stereocenters. The highest BCUT2D eigenvalue weighted by Crippen LogP contribution is 2.25. The zero-order valence-corrected chi connectivity index (χ0v) is 11.9. The Labute approximate surface area is 118 Å². The molecule has 1 amide bonds. The molecule has 0 saturated carbocycles. The first-order chi connectivity index (χ1) is 9.66. The van der Waals surface area contributed by atoms with Gasteiger partial charge in [-0.05, 0) is 13.8 Å². The standard InChI is InChI=1S/C14H20N4O2/c1-10(2)18-5-6-20-13-9-17(8-12(13)18)14(19)11-7-15-3-4-16-11/h3-4,7,10,12-13H,5-6,8-9H2,1-2H3/t12-,13+/m0/s1. The van der Waals surface area contributed by atoms with E-state index < -0.39 is 0 Å². The van der Waals surface area contributed by atoms with Crippen molar-refractivity contribution in [3.8, 4) is 0 Å². The lowest BCUT2D eigenvalue weighted by atomic mass is 10.1. The van der Waals surface area contributed by atoms with Gasteiger partial charge in [0.2, 0.25) is 0 Å². The highest BCUT2D eigenvalue weighted by molar-refractivity contribution is 5.92. The van der Waals surface area contributed by atoms with Gasteiger partial charge in [0, 0.05) is 38.1 Å². The first-order valence-corrected chi connectivity index (χ1v) is 7.09. The van der Waals surface area contributed by atoms with E-state index in [1.165, 1.54) is 6.20 Å². The van der Waals surface area contributed by atoms with E-state index in [4.69, 9.17) is 4.74 Å². The maximum Gasteiger partial charge on any atom is 0.274 e. The lowest BCUT2D eigenvalue weighted by Gasteiger charge is -2.39. The van der Waals surface area contributed by atoms with E-state index in [0.717, 1.165) is 13.2 Å². The molecule has 0 N–H and O–H groups in total. The molecule has 1 aromatic heterocycles. The summed E-state index contributed by atoms with van der Waals surface area (Å²) in [4.78, 5) is 24.7. The van der Waals surface area contributed by atoms with Gasteiger partial charge in [0.25, 0.3) is 5.91 Å². The Kier molecular flexibility index (Phi) is 3.67. The summed E-state index contributed by atoms with van der Waals surface area (Å²) in [5.41, 5.74) is 0.405. The van der Waals surface area contributed by atoms with Crippen LogP contribution >= 0.6 is 0 Å². The zero-order chi connectivity index (χ0) is 14.1. The van der Waals surface area contributed by atoms with Crippen molar-refractivity contribution in [3.63, 3.8) is 0 Å². The number of aromatic nitrogens is 2. The number of morpholine rings is 1. The lowest BCUT2D eigenvalue weighted by molar-refractivity contribution is -0.0582. The Bertz CT molecular complexity index is 479. The van der Waals surface area contributed by atoms with Crippen LogP contribution in [-0.4, -0.2) is 70.1 Å². The van der Waals surface area contributed by atoms with Crippen molar-refractivity contribution in [2.45, 2.75) is 32.0 Å². The van der Waals surface area contributed by atoms with Gasteiger partial charge in [-0.15, -0.1) is 0 Å². The first kappa shape index (κ1) is 13.5. The van der Waals surface area contributed by atoms with Crippen LogP contribution in [0.3, 0.4) is 0 Å². The SMILES string of the molecule is CC(C)N1CCO[C@@H]2CN(C(=O)c3cnccn3)C[C@@H]21. The molecule has 6 nitrogen and oxygen atoms in total. The van der Waals surface area contributed by atoms with Gasteiger partial charge in [-0.3, -0.25) is 14.7 Å². The third kappa shape index (κ3) is 2.41. The predicted octanol–water partition coefficient (Wildman–Crippen LogP) is 0.410. The van der Waals surface area contributed by atoms with E-state index in [9.17, 15) is 4.79 Å². The third-order valence-electron chi connectivity index (χ3n) is 4.08. The fraction of sp³-hybridized carbons (Fsp3) is 0.643. The average Bonchev–Trinajstić information content (AvgIpc) is 2.90. The maximum absolute atomic E-state index is 12.4. The first-order valence-electron chi connectivity index (χ1n) is 7.09. The molecule has 0 aliphatic carbocycles. The molecule has 3 heterocycles. The van der Waals surface area contributed by atoms with Crippen LogP contribution in [0.5, 0.6) is 0 Å². The van der Waals surface area contributed by atoms with Gasteiger partial charge in [0.15, 0.2) is 0 Å². The molecule has 108 valence electrons. The molecule has 1 aromatic rings. The number of hydrogen-bond acceptors (Lipinski definition) is 5. The van der Waals surface area contributed by atoms with Crippen molar-refractivity contribution in [1.29, 1.82) is 0 Å². The van der Waals surface area contributed by atoms with Gasteiger partial charge < -0.3 is 9.64 Å². The highest BCUT2D eigenvalue weighted by Gasteiger charge is 2.42. The summed E-state index contributed by atoms with van der Waals surface area (Å²) < 4.78 is 5.83. The molecule has 3 rings (SSSR count). The molecule has 6 heteroatoms. The van der Waals surface area contributed by atoms with Gasteiger partial charge in [-0.2, -0.15) is 0 Å². The molecule has 2 fully saturated rings. The fourth-order valence-corrected chi connectivity index (χ4v) is 3.09. The maximum atomic E-state index is 12.4. The molecule has 0 bridgehead atoms. The second kappa shape index (κ2) is 5.46. The van der Waals surface area contributed by atoms with Gasteiger partial charge in [-0.25, -0.2) is 4.98 Å². The Hall–Kier alpha value is -1.53. The van der Waals surface area contributed by atoms with Crippen LogP contribution in [0.15, 0.2) is 18.6 Å². The molecule has 2 aliphatic heterocycles. The molecular formula is C14H20N4O2. The molecule has 0 unspecified atom stereocenters.